The maximum absolute atomic E-state index is 12.7. The van der Waals surface area contributed by atoms with Gasteiger partial charge in [0.2, 0.25) is 0 Å². The van der Waals surface area contributed by atoms with Crippen LogP contribution in [0.15, 0.2) is 24.3 Å². The van der Waals surface area contributed by atoms with E-state index in [1.54, 1.807) is 6.07 Å². The average molecular weight is 246 g/mol. The van der Waals surface area contributed by atoms with Crippen LogP contribution in [0.2, 0.25) is 0 Å². The number of hydrogen-bond acceptors (Lipinski definition) is 1. The van der Waals surface area contributed by atoms with Gasteiger partial charge in [0, 0.05) is 0 Å². The summed E-state index contributed by atoms with van der Waals surface area (Å²) in [5.74, 6) is 0.267. The lowest BCUT2D eigenvalue weighted by molar-refractivity contribution is -0.138. The van der Waals surface area contributed by atoms with Gasteiger partial charge in [-0.2, -0.15) is 13.2 Å². The van der Waals surface area contributed by atoms with Crippen LogP contribution >= 0.6 is 0 Å². The fourth-order valence-electron chi connectivity index (χ4n) is 1.86. The third-order valence-electron chi connectivity index (χ3n) is 2.52. The number of benzene rings is 1. The van der Waals surface area contributed by atoms with E-state index >= 15 is 0 Å². The Morgan fingerprint density at radius 2 is 1.76 bits per heavy atom. The van der Waals surface area contributed by atoms with Gasteiger partial charge in [0.25, 0.3) is 0 Å². The highest BCUT2D eigenvalue weighted by molar-refractivity contribution is 5.30. The van der Waals surface area contributed by atoms with Crippen LogP contribution in [0.5, 0.6) is 0 Å². The van der Waals surface area contributed by atoms with Gasteiger partial charge >= 0.3 is 6.18 Å². The molecule has 0 heterocycles. The van der Waals surface area contributed by atoms with Crippen LogP contribution < -0.4 is 0 Å². The molecule has 96 valence electrons. The van der Waals surface area contributed by atoms with Gasteiger partial charge in [-0.25, -0.2) is 0 Å². The van der Waals surface area contributed by atoms with E-state index < -0.39 is 17.8 Å². The first kappa shape index (κ1) is 14.0. The number of halogens is 3. The van der Waals surface area contributed by atoms with Crippen LogP contribution in [0, 0.1) is 5.92 Å². The van der Waals surface area contributed by atoms with Crippen LogP contribution in [0.25, 0.3) is 0 Å². The van der Waals surface area contributed by atoms with E-state index in [2.05, 4.69) is 0 Å². The molecule has 0 aliphatic heterocycles. The van der Waals surface area contributed by atoms with Crippen molar-refractivity contribution in [2.45, 2.75) is 39.0 Å². The van der Waals surface area contributed by atoms with Crippen LogP contribution in [0.4, 0.5) is 13.2 Å². The molecule has 1 aromatic rings. The zero-order chi connectivity index (χ0) is 13.1. The van der Waals surface area contributed by atoms with Gasteiger partial charge in [0.1, 0.15) is 0 Å². The molecule has 1 nitrogen and oxygen atoms in total. The Bertz CT molecular complexity index is 358. The van der Waals surface area contributed by atoms with Crippen molar-refractivity contribution in [3.63, 3.8) is 0 Å². The van der Waals surface area contributed by atoms with Crippen molar-refractivity contribution in [3.8, 4) is 0 Å². The summed E-state index contributed by atoms with van der Waals surface area (Å²) in [6.45, 7) is 3.86. The van der Waals surface area contributed by atoms with Crippen LogP contribution in [0.3, 0.4) is 0 Å². The van der Waals surface area contributed by atoms with Crippen molar-refractivity contribution < 1.29 is 18.3 Å². The lowest BCUT2D eigenvalue weighted by Crippen LogP contribution is -2.17. The smallest absolute Gasteiger partial charge is 0.393 e. The highest BCUT2D eigenvalue weighted by Gasteiger charge is 2.33. The van der Waals surface area contributed by atoms with E-state index in [9.17, 15) is 18.3 Å². The van der Waals surface area contributed by atoms with E-state index in [0.717, 1.165) is 6.07 Å². The van der Waals surface area contributed by atoms with Crippen molar-refractivity contribution in [2.75, 3.05) is 0 Å². The molecule has 0 radical (unpaired) electrons. The van der Waals surface area contributed by atoms with Gasteiger partial charge in [0.15, 0.2) is 0 Å². The molecule has 0 saturated heterocycles. The summed E-state index contributed by atoms with van der Waals surface area (Å²) in [7, 11) is 0. The van der Waals surface area contributed by atoms with Gasteiger partial charge < -0.3 is 5.11 Å². The molecule has 0 bridgehead atoms. The summed E-state index contributed by atoms with van der Waals surface area (Å²) in [6, 6.07) is 5.40. The van der Waals surface area contributed by atoms with Crippen molar-refractivity contribution in [1.82, 2.24) is 0 Å². The summed E-state index contributed by atoms with van der Waals surface area (Å²) in [4.78, 5) is 0. The number of aliphatic hydroxyl groups is 1. The number of hydrogen-bond donors (Lipinski definition) is 1. The molecule has 0 amide bonds. The SMILES string of the molecule is CC(C)CC(O)Cc1ccccc1C(F)(F)F. The molecule has 0 saturated carbocycles. The highest BCUT2D eigenvalue weighted by atomic mass is 19.4. The number of alkyl halides is 3. The number of rotatable bonds is 4. The largest absolute Gasteiger partial charge is 0.416 e. The predicted molar refractivity (Wildman–Crippen MR) is 60.6 cm³/mol. The number of aliphatic hydroxyl groups excluding tert-OH is 1. The van der Waals surface area contributed by atoms with E-state index in [4.69, 9.17) is 0 Å². The molecular formula is C13H17F3O. The Balaban J connectivity index is 2.84. The van der Waals surface area contributed by atoms with Crippen molar-refractivity contribution in [1.29, 1.82) is 0 Å². The Morgan fingerprint density at radius 1 is 1.18 bits per heavy atom. The van der Waals surface area contributed by atoms with Crippen molar-refractivity contribution in [3.05, 3.63) is 35.4 Å². The monoisotopic (exact) mass is 246 g/mol. The summed E-state index contributed by atoms with van der Waals surface area (Å²) < 4.78 is 38.0. The van der Waals surface area contributed by atoms with Crippen LogP contribution in [0.1, 0.15) is 31.4 Å². The maximum atomic E-state index is 12.7. The second-order valence-electron chi connectivity index (χ2n) is 4.64. The Hall–Kier alpha value is -1.03. The Morgan fingerprint density at radius 3 is 2.29 bits per heavy atom. The molecule has 4 heteroatoms. The van der Waals surface area contributed by atoms with Crippen LogP contribution in [-0.2, 0) is 12.6 Å². The van der Waals surface area contributed by atoms with Gasteiger partial charge in [0.05, 0.1) is 11.7 Å². The minimum atomic E-state index is -4.35. The molecule has 0 fully saturated rings. The minimum Gasteiger partial charge on any atom is -0.393 e. The summed E-state index contributed by atoms with van der Waals surface area (Å²) in [5.41, 5.74) is -0.490. The Labute approximate surface area is 99.3 Å². The topological polar surface area (TPSA) is 20.2 Å². The van der Waals surface area contributed by atoms with E-state index in [-0.39, 0.29) is 17.9 Å². The lowest BCUT2D eigenvalue weighted by atomic mass is 9.96. The molecule has 1 N–H and O–H groups in total. The fourth-order valence-corrected chi connectivity index (χ4v) is 1.86. The van der Waals surface area contributed by atoms with Crippen molar-refractivity contribution >= 4 is 0 Å². The standard InChI is InChI=1S/C13H17F3O/c1-9(2)7-11(17)8-10-5-3-4-6-12(10)13(14,15)16/h3-6,9,11,17H,7-8H2,1-2H3. The van der Waals surface area contributed by atoms with Gasteiger partial charge in [-0.3, -0.25) is 0 Å². The summed E-state index contributed by atoms with van der Waals surface area (Å²) in [6.07, 6.45) is -4.52. The summed E-state index contributed by atoms with van der Waals surface area (Å²) >= 11 is 0. The van der Waals surface area contributed by atoms with E-state index in [1.165, 1.54) is 12.1 Å². The Kier molecular flexibility index (Phi) is 4.57. The zero-order valence-electron chi connectivity index (χ0n) is 9.96. The molecule has 1 unspecified atom stereocenters. The molecule has 0 aromatic heterocycles. The lowest BCUT2D eigenvalue weighted by Gasteiger charge is -2.17. The predicted octanol–water partition coefficient (Wildman–Crippen LogP) is 3.65. The van der Waals surface area contributed by atoms with Crippen LogP contribution in [-0.4, -0.2) is 11.2 Å². The van der Waals surface area contributed by atoms with Crippen molar-refractivity contribution in [2.24, 2.45) is 5.92 Å². The van der Waals surface area contributed by atoms with Gasteiger partial charge in [-0.15, -0.1) is 0 Å². The quantitative estimate of drug-likeness (QED) is 0.859. The molecule has 17 heavy (non-hydrogen) atoms. The molecule has 0 aliphatic carbocycles. The third-order valence-corrected chi connectivity index (χ3v) is 2.52. The average Bonchev–Trinajstić information content (AvgIpc) is 2.15. The van der Waals surface area contributed by atoms with E-state index in [0.29, 0.717) is 6.42 Å². The molecular weight excluding hydrogens is 229 g/mol. The highest BCUT2D eigenvalue weighted by Crippen LogP contribution is 2.32. The zero-order valence-corrected chi connectivity index (χ0v) is 9.96. The first-order chi connectivity index (χ1) is 7.80. The summed E-state index contributed by atoms with van der Waals surface area (Å²) in [5, 5.41) is 9.70. The molecule has 1 atom stereocenters. The minimum absolute atomic E-state index is 0.0495. The van der Waals surface area contributed by atoms with Gasteiger partial charge in [-0.1, -0.05) is 32.0 Å². The molecule has 1 rings (SSSR count). The second kappa shape index (κ2) is 5.54. The molecule has 1 aromatic carbocycles. The molecule has 0 aliphatic rings. The fraction of sp³-hybridized carbons (Fsp3) is 0.538. The second-order valence-corrected chi connectivity index (χ2v) is 4.64. The normalized spacial score (nSPS) is 14.1. The maximum Gasteiger partial charge on any atom is 0.416 e. The first-order valence-corrected chi connectivity index (χ1v) is 5.64. The third kappa shape index (κ3) is 4.38. The van der Waals surface area contributed by atoms with Gasteiger partial charge in [-0.05, 0) is 30.4 Å². The molecule has 0 spiro atoms. The first-order valence-electron chi connectivity index (χ1n) is 5.64. The van der Waals surface area contributed by atoms with E-state index in [1.807, 2.05) is 13.8 Å².